The summed E-state index contributed by atoms with van der Waals surface area (Å²) in [5.74, 6) is 0.962. The first kappa shape index (κ1) is 12.5. The Bertz CT molecular complexity index is 186. The van der Waals surface area contributed by atoms with Crippen LogP contribution in [0.2, 0.25) is 0 Å². The Morgan fingerprint density at radius 3 is 2.53 bits per heavy atom. The highest BCUT2D eigenvalue weighted by Gasteiger charge is 2.25. The van der Waals surface area contributed by atoms with E-state index < -0.39 is 0 Å². The Labute approximate surface area is 92.4 Å². The second kappa shape index (κ2) is 6.83. The van der Waals surface area contributed by atoms with Gasteiger partial charge in [0, 0.05) is 0 Å². The van der Waals surface area contributed by atoms with Gasteiger partial charge in [-0.25, -0.2) is 0 Å². The zero-order valence-electron chi connectivity index (χ0n) is 9.71. The lowest BCUT2D eigenvalue weighted by Gasteiger charge is -2.24. The Morgan fingerprint density at radius 2 is 1.93 bits per heavy atom. The van der Waals surface area contributed by atoms with E-state index in [4.69, 9.17) is 10.5 Å². The number of hydrogen-bond donors (Lipinski definition) is 1. The summed E-state index contributed by atoms with van der Waals surface area (Å²) >= 11 is 0. The molecule has 3 nitrogen and oxygen atoms in total. The van der Waals surface area contributed by atoms with Crippen molar-refractivity contribution in [2.24, 2.45) is 17.6 Å². The summed E-state index contributed by atoms with van der Waals surface area (Å²) in [5, 5.41) is 0. The number of nitrogens with two attached hydrogens (primary N) is 1. The number of hydrogen-bond acceptors (Lipinski definition) is 3. The molecule has 1 saturated carbocycles. The fourth-order valence-electron chi connectivity index (χ4n) is 2.03. The van der Waals surface area contributed by atoms with Crippen molar-refractivity contribution < 1.29 is 9.53 Å². The van der Waals surface area contributed by atoms with Crippen LogP contribution in [0.25, 0.3) is 0 Å². The Hall–Kier alpha value is -0.570. The maximum absolute atomic E-state index is 11.6. The van der Waals surface area contributed by atoms with E-state index in [9.17, 15) is 4.79 Å². The van der Waals surface area contributed by atoms with E-state index in [-0.39, 0.29) is 11.9 Å². The van der Waals surface area contributed by atoms with Gasteiger partial charge in [-0.15, -0.1) is 0 Å². The molecule has 3 heteroatoms. The van der Waals surface area contributed by atoms with Crippen molar-refractivity contribution in [2.75, 3.05) is 13.2 Å². The third kappa shape index (κ3) is 4.65. The van der Waals surface area contributed by atoms with Crippen LogP contribution in [-0.4, -0.2) is 19.1 Å². The van der Waals surface area contributed by atoms with E-state index in [1.807, 2.05) is 0 Å². The van der Waals surface area contributed by atoms with Gasteiger partial charge in [0.1, 0.15) is 0 Å². The molecule has 0 radical (unpaired) electrons. The largest absolute Gasteiger partial charge is 0.465 e. The maximum atomic E-state index is 11.6. The van der Waals surface area contributed by atoms with Crippen molar-refractivity contribution in [3.8, 4) is 0 Å². The molecule has 0 saturated heterocycles. The van der Waals surface area contributed by atoms with Gasteiger partial charge in [-0.1, -0.05) is 6.92 Å². The lowest BCUT2D eigenvalue weighted by molar-refractivity contribution is -0.150. The minimum absolute atomic E-state index is 0.0129. The zero-order valence-corrected chi connectivity index (χ0v) is 9.71. The summed E-state index contributed by atoms with van der Waals surface area (Å²) in [6, 6.07) is 0. The van der Waals surface area contributed by atoms with Crippen molar-refractivity contribution in [3.63, 3.8) is 0 Å². The first-order valence-corrected chi connectivity index (χ1v) is 6.10. The van der Waals surface area contributed by atoms with Crippen molar-refractivity contribution in [1.29, 1.82) is 0 Å². The van der Waals surface area contributed by atoms with Gasteiger partial charge in [-0.2, -0.15) is 0 Å². The van der Waals surface area contributed by atoms with Crippen molar-refractivity contribution in [3.05, 3.63) is 0 Å². The third-order valence-corrected chi connectivity index (χ3v) is 3.19. The molecule has 0 bridgehead atoms. The molecule has 0 spiro atoms. The Morgan fingerprint density at radius 1 is 1.27 bits per heavy atom. The fraction of sp³-hybridized carbons (Fsp3) is 0.917. The van der Waals surface area contributed by atoms with Crippen LogP contribution in [0.1, 0.15) is 45.4 Å². The summed E-state index contributed by atoms with van der Waals surface area (Å²) in [4.78, 5) is 11.6. The molecular formula is C12H23NO2. The molecule has 1 aliphatic carbocycles. The summed E-state index contributed by atoms with van der Waals surface area (Å²) in [6.07, 6.45) is 6.19. The van der Waals surface area contributed by atoms with Gasteiger partial charge in [-0.3, -0.25) is 4.79 Å². The highest BCUT2D eigenvalue weighted by molar-refractivity contribution is 5.72. The van der Waals surface area contributed by atoms with E-state index in [1.54, 1.807) is 0 Å². The third-order valence-electron chi connectivity index (χ3n) is 3.19. The summed E-state index contributed by atoms with van der Waals surface area (Å²) < 4.78 is 5.22. The van der Waals surface area contributed by atoms with Crippen LogP contribution >= 0.6 is 0 Å². The molecule has 1 rings (SSSR count). The van der Waals surface area contributed by atoms with Gasteiger partial charge in [0.05, 0.1) is 12.5 Å². The molecule has 2 N–H and O–H groups in total. The highest BCUT2D eigenvalue weighted by Crippen LogP contribution is 2.28. The van der Waals surface area contributed by atoms with Gasteiger partial charge in [0.25, 0.3) is 0 Å². The van der Waals surface area contributed by atoms with Crippen molar-refractivity contribution in [1.82, 2.24) is 0 Å². The van der Waals surface area contributed by atoms with Crippen LogP contribution in [0.4, 0.5) is 0 Å². The molecule has 1 aliphatic rings. The summed E-state index contributed by atoms with van der Waals surface area (Å²) in [6.45, 7) is 3.48. The van der Waals surface area contributed by atoms with E-state index >= 15 is 0 Å². The molecule has 0 amide bonds. The van der Waals surface area contributed by atoms with Gasteiger partial charge in [0.15, 0.2) is 0 Å². The lowest BCUT2D eigenvalue weighted by atomic mass is 9.83. The molecule has 0 aromatic carbocycles. The van der Waals surface area contributed by atoms with Crippen LogP contribution in [0.15, 0.2) is 0 Å². The normalized spacial score (nSPS) is 26.3. The molecule has 1 fully saturated rings. The molecule has 88 valence electrons. The molecule has 0 heterocycles. The van der Waals surface area contributed by atoms with E-state index in [1.165, 1.54) is 12.8 Å². The smallest absolute Gasteiger partial charge is 0.308 e. The fourth-order valence-corrected chi connectivity index (χ4v) is 2.03. The standard InChI is InChI=1S/C12H23NO2/c1-10-4-6-11(7-5-10)12(14)15-9-3-2-8-13/h10-11H,2-9,13H2,1H3. The minimum Gasteiger partial charge on any atom is -0.465 e. The second-order valence-electron chi connectivity index (χ2n) is 4.62. The average Bonchev–Trinajstić information content (AvgIpc) is 2.25. The minimum atomic E-state index is 0.0129. The van der Waals surface area contributed by atoms with Crippen molar-refractivity contribution >= 4 is 5.97 Å². The number of carbonyl (C=O) groups excluding carboxylic acids is 1. The molecule has 0 atom stereocenters. The number of carbonyl (C=O) groups is 1. The molecule has 0 aromatic heterocycles. The predicted molar refractivity (Wildman–Crippen MR) is 60.4 cm³/mol. The van der Waals surface area contributed by atoms with Crippen LogP contribution in [0, 0.1) is 11.8 Å². The SMILES string of the molecule is CC1CCC(C(=O)OCCCCN)CC1. The summed E-state index contributed by atoms with van der Waals surface area (Å²) in [7, 11) is 0. The number of ether oxygens (including phenoxy) is 1. The summed E-state index contributed by atoms with van der Waals surface area (Å²) in [5.41, 5.74) is 5.36. The first-order chi connectivity index (χ1) is 7.24. The zero-order chi connectivity index (χ0) is 11.1. The van der Waals surface area contributed by atoms with Gasteiger partial charge < -0.3 is 10.5 Å². The molecule has 15 heavy (non-hydrogen) atoms. The van der Waals surface area contributed by atoms with E-state index in [0.717, 1.165) is 31.6 Å². The maximum Gasteiger partial charge on any atom is 0.308 e. The quantitative estimate of drug-likeness (QED) is 0.562. The van der Waals surface area contributed by atoms with Gasteiger partial charge in [0.2, 0.25) is 0 Å². The van der Waals surface area contributed by atoms with Gasteiger partial charge in [-0.05, 0) is 51.0 Å². The molecule has 0 aliphatic heterocycles. The number of esters is 1. The average molecular weight is 213 g/mol. The molecular weight excluding hydrogens is 190 g/mol. The first-order valence-electron chi connectivity index (χ1n) is 6.10. The second-order valence-corrected chi connectivity index (χ2v) is 4.62. The number of rotatable bonds is 5. The van der Waals surface area contributed by atoms with E-state index in [2.05, 4.69) is 6.92 Å². The van der Waals surface area contributed by atoms with E-state index in [0.29, 0.717) is 13.2 Å². The molecule has 0 unspecified atom stereocenters. The van der Waals surface area contributed by atoms with Gasteiger partial charge >= 0.3 is 5.97 Å². The van der Waals surface area contributed by atoms with Crippen LogP contribution in [0.3, 0.4) is 0 Å². The topological polar surface area (TPSA) is 52.3 Å². The highest BCUT2D eigenvalue weighted by atomic mass is 16.5. The van der Waals surface area contributed by atoms with Crippen LogP contribution in [0.5, 0.6) is 0 Å². The Balaban J connectivity index is 2.11. The monoisotopic (exact) mass is 213 g/mol. The Kier molecular flexibility index (Phi) is 5.69. The lowest BCUT2D eigenvalue weighted by Crippen LogP contribution is -2.23. The van der Waals surface area contributed by atoms with Crippen molar-refractivity contribution in [2.45, 2.75) is 45.4 Å². The van der Waals surface area contributed by atoms with Crippen LogP contribution in [-0.2, 0) is 9.53 Å². The molecule has 0 aromatic rings. The number of unbranched alkanes of at least 4 members (excludes halogenated alkanes) is 1. The predicted octanol–water partition coefficient (Wildman–Crippen LogP) is 2.09. The van der Waals surface area contributed by atoms with Crippen LogP contribution < -0.4 is 5.73 Å².